The second-order valence-corrected chi connectivity index (χ2v) is 4.97. The molecule has 0 aromatic rings. The highest BCUT2D eigenvalue weighted by Crippen LogP contribution is 2.34. The van der Waals surface area contributed by atoms with Crippen molar-refractivity contribution in [2.24, 2.45) is 11.8 Å². The van der Waals surface area contributed by atoms with Crippen molar-refractivity contribution in [3.63, 3.8) is 0 Å². The van der Waals surface area contributed by atoms with Crippen LogP contribution in [0.25, 0.3) is 0 Å². The summed E-state index contributed by atoms with van der Waals surface area (Å²) in [5.41, 5.74) is 0. The summed E-state index contributed by atoms with van der Waals surface area (Å²) in [5, 5.41) is 9.90. The van der Waals surface area contributed by atoms with E-state index < -0.39 is 0 Å². The SMILES string of the molecule is CCC(C)C(O)CN(C)C(C)C1CC1. The summed E-state index contributed by atoms with van der Waals surface area (Å²) in [5.74, 6) is 1.31. The van der Waals surface area contributed by atoms with Crippen molar-refractivity contribution in [3.8, 4) is 0 Å². The molecule has 0 spiro atoms. The first-order valence-corrected chi connectivity index (χ1v) is 5.94. The molecule has 0 bridgehead atoms. The van der Waals surface area contributed by atoms with Gasteiger partial charge in [0, 0.05) is 12.6 Å². The summed E-state index contributed by atoms with van der Waals surface area (Å²) in [6, 6.07) is 0.647. The van der Waals surface area contributed by atoms with Crippen LogP contribution in [0.4, 0.5) is 0 Å². The number of likely N-dealkylation sites (N-methyl/N-ethyl adjacent to an activating group) is 1. The number of nitrogens with zero attached hydrogens (tertiary/aromatic N) is 1. The lowest BCUT2D eigenvalue weighted by atomic mass is 10.0. The molecule has 84 valence electrons. The van der Waals surface area contributed by atoms with Crippen molar-refractivity contribution < 1.29 is 5.11 Å². The Balaban J connectivity index is 2.27. The zero-order valence-corrected chi connectivity index (χ0v) is 10.0. The molecule has 1 aliphatic carbocycles. The summed E-state index contributed by atoms with van der Waals surface area (Å²) in [6.45, 7) is 7.37. The molecule has 1 rings (SSSR count). The van der Waals surface area contributed by atoms with E-state index in [1.165, 1.54) is 12.8 Å². The molecule has 2 heteroatoms. The third-order valence-corrected chi connectivity index (χ3v) is 3.78. The van der Waals surface area contributed by atoms with Gasteiger partial charge in [-0.05, 0) is 38.6 Å². The average Bonchev–Trinajstić information content (AvgIpc) is 2.98. The number of rotatable bonds is 6. The lowest BCUT2D eigenvalue weighted by Gasteiger charge is -2.29. The molecule has 0 saturated heterocycles. The number of hydrogen-bond donors (Lipinski definition) is 1. The van der Waals surface area contributed by atoms with Crippen molar-refractivity contribution >= 4 is 0 Å². The zero-order valence-electron chi connectivity index (χ0n) is 10.0. The topological polar surface area (TPSA) is 23.5 Å². The van der Waals surface area contributed by atoms with E-state index in [1.54, 1.807) is 0 Å². The molecular weight excluding hydrogens is 174 g/mol. The highest BCUT2D eigenvalue weighted by molar-refractivity contribution is 4.85. The van der Waals surface area contributed by atoms with Gasteiger partial charge in [0.25, 0.3) is 0 Å². The molecule has 0 aromatic heterocycles. The van der Waals surface area contributed by atoms with E-state index in [0.717, 1.165) is 18.9 Å². The van der Waals surface area contributed by atoms with Crippen LogP contribution in [0.15, 0.2) is 0 Å². The maximum Gasteiger partial charge on any atom is 0.0692 e. The molecule has 14 heavy (non-hydrogen) atoms. The molecule has 1 N–H and O–H groups in total. The second kappa shape index (κ2) is 5.13. The van der Waals surface area contributed by atoms with Gasteiger partial charge >= 0.3 is 0 Å². The first-order chi connectivity index (χ1) is 6.56. The summed E-state index contributed by atoms with van der Waals surface area (Å²) in [4.78, 5) is 2.31. The molecule has 3 atom stereocenters. The lowest BCUT2D eigenvalue weighted by molar-refractivity contribution is 0.0618. The van der Waals surface area contributed by atoms with E-state index in [4.69, 9.17) is 0 Å². The second-order valence-electron chi connectivity index (χ2n) is 4.97. The van der Waals surface area contributed by atoms with Crippen LogP contribution in [-0.2, 0) is 0 Å². The van der Waals surface area contributed by atoms with Gasteiger partial charge in [-0.15, -0.1) is 0 Å². The minimum atomic E-state index is -0.161. The summed E-state index contributed by atoms with van der Waals surface area (Å²) < 4.78 is 0. The molecule has 0 aliphatic heterocycles. The smallest absolute Gasteiger partial charge is 0.0692 e. The molecule has 0 radical (unpaired) electrons. The fourth-order valence-electron chi connectivity index (χ4n) is 1.85. The van der Waals surface area contributed by atoms with E-state index in [0.29, 0.717) is 12.0 Å². The minimum Gasteiger partial charge on any atom is -0.392 e. The Kier molecular flexibility index (Phi) is 4.39. The number of hydrogen-bond acceptors (Lipinski definition) is 2. The van der Waals surface area contributed by atoms with Gasteiger partial charge in [0.1, 0.15) is 0 Å². The lowest BCUT2D eigenvalue weighted by Crippen LogP contribution is -2.39. The van der Waals surface area contributed by atoms with Gasteiger partial charge in [0.05, 0.1) is 6.10 Å². The van der Waals surface area contributed by atoms with Gasteiger partial charge in [-0.3, -0.25) is 0 Å². The highest BCUT2D eigenvalue weighted by atomic mass is 16.3. The number of aliphatic hydroxyl groups excluding tert-OH is 1. The van der Waals surface area contributed by atoms with Crippen molar-refractivity contribution in [2.45, 2.75) is 52.2 Å². The normalized spacial score (nSPS) is 23.6. The monoisotopic (exact) mass is 199 g/mol. The highest BCUT2D eigenvalue weighted by Gasteiger charge is 2.31. The first kappa shape index (κ1) is 12.0. The van der Waals surface area contributed by atoms with Gasteiger partial charge in [0.2, 0.25) is 0 Å². The van der Waals surface area contributed by atoms with E-state index >= 15 is 0 Å². The molecule has 0 aromatic carbocycles. The Morgan fingerprint density at radius 1 is 1.36 bits per heavy atom. The molecule has 1 saturated carbocycles. The fraction of sp³-hybridized carbons (Fsp3) is 1.00. The molecule has 1 fully saturated rings. The van der Waals surface area contributed by atoms with E-state index in [1.807, 2.05) is 0 Å². The number of aliphatic hydroxyl groups is 1. The van der Waals surface area contributed by atoms with Crippen LogP contribution in [-0.4, -0.2) is 35.7 Å². The van der Waals surface area contributed by atoms with Gasteiger partial charge in [-0.25, -0.2) is 0 Å². The first-order valence-electron chi connectivity index (χ1n) is 5.94. The Bertz CT molecular complexity index is 168. The van der Waals surface area contributed by atoms with Crippen LogP contribution in [0.5, 0.6) is 0 Å². The van der Waals surface area contributed by atoms with Crippen molar-refractivity contribution in [1.29, 1.82) is 0 Å². The minimum absolute atomic E-state index is 0.161. The quantitative estimate of drug-likeness (QED) is 0.708. The van der Waals surface area contributed by atoms with Crippen LogP contribution in [0.1, 0.15) is 40.0 Å². The summed E-state index contributed by atoms with van der Waals surface area (Å²) in [6.07, 6.45) is 3.66. The van der Waals surface area contributed by atoms with Crippen molar-refractivity contribution in [1.82, 2.24) is 4.90 Å². The van der Waals surface area contributed by atoms with E-state index in [-0.39, 0.29) is 6.10 Å². The van der Waals surface area contributed by atoms with Crippen LogP contribution >= 0.6 is 0 Å². The molecule has 0 amide bonds. The van der Waals surface area contributed by atoms with E-state index in [9.17, 15) is 5.11 Å². The van der Waals surface area contributed by atoms with Gasteiger partial charge < -0.3 is 10.0 Å². The molecule has 3 unspecified atom stereocenters. The zero-order chi connectivity index (χ0) is 10.7. The standard InChI is InChI=1S/C12H25NO/c1-5-9(2)12(14)8-13(4)10(3)11-6-7-11/h9-12,14H,5-8H2,1-4H3. The van der Waals surface area contributed by atoms with Crippen LogP contribution in [0.3, 0.4) is 0 Å². The Morgan fingerprint density at radius 3 is 2.36 bits per heavy atom. The third kappa shape index (κ3) is 3.25. The third-order valence-electron chi connectivity index (χ3n) is 3.78. The van der Waals surface area contributed by atoms with Gasteiger partial charge in [-0.2, -0.15) is 0 Å². The molecular formula is C12H25NO. The Morgan fingerprint density at radius 2 is 1.93 bits per heavy atom. The maximum atomic E-state index is 9.90. The Labute approximate surface area is 88.3 Å². The predicted molar refractivity (Wildman–Crippen MR) is 60.3 cm³/mol. The van der Waals surface area contributed by atoms with E-state index in [2.05, 4.69) is 32.7 Å². The maximum absolute atomic E-state index is 9.90. The molecule has 1 aliphatic rings. The van der Waals surface area contributed by atoms with Gasteiger partial charge in [0.15, 0.2) is 0 Å². The van der Waals surface area contributed by atoms with Crippen LogP contribution in [0, 0.1) is 11.8 Å². The fourth-order valence-corrected chi connectivity index (χ4v) is 1.85. The largest absolute Gasteiger partial charge is 0.392 e. The van der Waals surface area contributed by atoms with Crippen molar-refractivity contribution in [3.05, 3.63) is 0 Å². The average molecular weight is 199 g/mol. The summed E-state index contributed by atoms with van der Waals surface area (Å²) in [7, 11) is 2.13. The molecule has 2 nitrogen and oxygen atoms in total. The van der Waals surface area contributed by atoms with Crippen LogP contribution < -0.4 is 0 Å². The van der Waals surface area contributed by atoms with Gasteiger partial charge in [-0.1, -0.05) is 20.3 Å². The summed E-state index contributed by atoms with van der Waals surface area (Å²) >= 11 is 0. The molecule has 0 heterocycles. The van der Waals surface area contributed by atoms with Crippen molar-refractivity contribution in [2.75, 3.05) is 13.6 Å². The predicted octanol–water partition coefficient (Wildman–Crippen LogP) is 2.12. The van der Waals surface area contributed by atoms with Crippen LogP contribution in [0.2, 0.25) is 0 Å². The Hall–Kier alpha value is -0.0800.